The molecule has 3 heteroatoms. The second-order valence-corrected chi connectivity index (χ2v) is 5.06. The molecule has 94 valence electrons. The summed E-state index contributed by atoms with van der Waals surface area (Å²) in [5, 5.41) is 3.39. The zero-order chi connectivity index (χ0) is 12.3. The molecule has 1 atom stereocenters. The lowest BCUT2D eigenvalue weighted by Gasteiger charge is -2.24. The minimum atomic E-state index is 0.114. The molecule has 1 saturated carbocycles. The molecule has 2 rings (SSSR count). The van der Waals surface area contributed by atoms with E-state index in [0.717, 1.165) is 18.2 Å². The Balaban J connectivity index is 2.15. The lowest BCUT2D eigenvalue weighted by molar-refractivity contribution is 0.334. The fourth-order valence-electron chi connectivity index (χ4n) is 2.89. The van der Waals surface area contributed by atoms with Crippen molar-refractivity contribution in [2.45, 2.75) is 45.2 Å². The number of nitrogens with one attached hydrogen (secondary N) is 1. The molecule has 0 aliphatic heterocycles. The van der Waals surface area contributed by atoms with Crippen LogP contribution in [0.15, 0.2) is 23.0 Å². The van der Waals surface area contributed by atoms with E-state index in [9.17, 15) is 4.79 Å². The first-order chi connectivity index (χ1) is 8.22. The number of aromatic nitrogens is 1. The summed E-state index contributed by atoms with van der Waals surface area (Å²) >= 11 is 0. The van der Waals surface area contributed by atoms with Crippen LogP contribution in [0.25, 0.3) is 0 Å². The molecule has 1 aliphatic rings. The van der Waals surface area contributed by atoms with E-state index in [2.05, 4.69) is 5.32 Å². The Morgan fingerprint density at radius 3 is 2.71 bits per heavy atom. The fraction of sp³-hybridized carbons (Fsp3) is 0.643. The highest BCUT2D eigenvalue weighted by Gasteiger charge is 2.24. The molecular formula is C14H22N2O. The van der Waals surface area contributed by atoms with E-state index in [0.29, 0.717) is 6.04 Å². The number of nitrogens with zero attached hydrogens (tertiary/aromatic N) is 1. The number of likely N-dealkylation sites (N-methyl/N-ethyl adjacent to an activating group) is 1. The van der Waals surface area contributed by atoms with Crippen molar-refractivity contribution in [3.05, 3.63) is 34.2 Å². The van der Waals surface area contributed by atoms with Gasteiger partial charge in [-0.25, -0.2) is 0 Å². The largest absolute Gasteiger partial charge is 0.315 e. The molecule has 1 N–H and O–H groups in total. The van der Waals surface area contributed by atoms with Crippen LogP contribution in [0.3, 0.4) is 0 Å². The zero-order valence-electron chi connectivity index (χ0n) is 10.8. The van der Waals surface area contributed by atoms with Gasteiger partial charge in [-0.1, -0.05) is 18.9 Å². The second-order valence-electron chi connectivity index (χ2n) is 5.06. The Morgan fingerprint density at radius 2 is 2.12 bits per heavy atom. The van der Waals surface area contributed by atoms with Crippen LogP contribution >= 0.6 is 0 Å². The summed E-state index contributed by atoms with van der Waals surface area (Å²) in [4.78, 5) is 11.8. The fourth-order valence-corrected chi connectivity index (χ4v) is 2.89. The van der Waals surface area contributed by atoms with Crippen molar-refractivity contribution in [3.63, 3.8) is 0 Å². The smallest absolute Gasteiger partial charge is 0.250 e. The van der Waals surface area contributed by atoms with E-state index < -0.39 is 0 Å². The molecule has 0 saturated heterocycles. The van der Waals surface area contributed by atoms with Gasteiger partial charge in [0.25, 0.3) is 5.56 Å². The molecule has 1 aromatic heterocycles. The maximum Gasteiger partial charge on any atom is 0.250 e. The third-order valence-electron chi connectivity index (χ3n) is 3.99. The van der Waals surface area contributed by atoms with Crippen LogP contribution in [0.5, 0.6) is 0 Å². The van der Waals surface area contributed by atoms with Gasteiger partial charge in [-0.2, -0.15) is 0 Å². The van der Waals surface area contributed by atoms with Crippen molar-refractivity contribution < 1.29 is 0 Å². The average molecular weight is 234 g/mol. The van der Waals surface area contributed by atoms with Crippen LogP contribution in [0.4, 0.5) is 0 Å². The van der Waals surface area contributed by atoms with E-state index in [4.69, 9.17) is 0 Å². The molecule has 0 amide bonds. The summed E-state index contributed by atoms with van der Waals surface area (Å²) in [5.74, 6) is 0.728. The molecule has 0 radical (unpaired) electrons. The Hall–Kier alpha value is -1.09. The van der Waals surface area contributed by atoms with Crippen LogP contribution < -0.4 is 10.9 Å². The molecule has 1 fully saturated rings. The molecule has 1 aliphatic carbocycles. The summed E-state index contributed by atoms with van der Waals surface area (Å²) in [6.45, 7) is 2.80. The van der Waals surface area contributed by atoms with Crippen LogP contribution in [-0.4, -0.2) is 17.7 Å². The van der Waals surface area contributed by atoms with Gasteiger partial charge in [0, 0.05) is 24.3 Å². The second kappa shape index (κ2) is 5.50. The van der Waals surface area contributed by atoms with Crippen LogP contribution in [0.1, 0.15) is 31.4 Å². The zero-order valence-corrected chi connectivity index (χ0v) is 10.8. The predicted octanol–water partition coefficient (Wildman–Crippen LogP) is 1.93. The summed E-state index contributed by atoms with van der Waals surface area (Å²) < 4.78 is 1.89. The Bertz CT molecular complexity index is 418. The van der Waals surface area contributed by atoms with Crippen molar-refractivity contribution in [2.75, 3.05) is 7.05 Å². The first-order valence-electron chi connectivity index (χ1n) is 6.56. The molecule has 1 unspecified atom stereocenters. The van der Waals surface area contributed by atoms with Gasteiger partial charge in [-0.05, 0) is 38.8 Å². The SMILES string of the molecule is CNC(Cn1c(C)cccc1=O)C1CCCC1. The van der Waals surface area contributed by atoms with E-state index >= 15 is 0 Å². The van der Waals surface area contributed by atoms with Crippen molar-refractivity contribution in [1.29, 1.82) is 0 Å². The number of hydrogen-bond acceptors (Lipinski definition) is 2. The van der Waals surface area contributed by atoms with Gasteiger partial charge < -0.3 is 9.88 Å². The van der Waals surface area contributed by atoms with E-state index in [1.807, 2.05) is 30.7 Å². The Labute approximate surface area is 103 Å². The number of hydrogen-bond donors (Lipinski definition) is 1. The first-order valence-corrected chi connectivity index (χ1v) is 6.56. The lowest BCUT2D eigenvalue weighted by Crippen LogP contribution is -2.39. The highest BCUT2D eigenvalue weighted by Crippen LogP contribution is 2.28. The topological polar surface area (TPSA) is 34.0 Å². The van der Waals surface area contributed by atoms with Gasteiger partial charge in [0.1, 0.15) is 0 Å². The third kappa shape index (κ3) is 2.78. The van der Waals surface area contributed by atoms with Crippen LogP contribution in [0.2, 0.25) is 0 Å². The monoisotopic (exact) mass is 234 g/mol. The minimum absolute atomic E-state index is 0.114. The Morgan fingerprint density at radius 1 is 1.41 bits per heavy atom. The molecule has 1 aromatic rings. The number of rotatable bonds is 4. The normalized spacial score (nSPS) is 18.5. The summed E-state index contributed by atoms with van der Waals surface area (Å²) in [5.41, 5.74) is 1.17. The summed E-state index contributed by atoms with van der Waals surface area (Å²) in [6.07, 6.45) is 5.27. The molecule has 1 heterocycles. The molecule has 17 heavy (non-hydrogen) atoms. The number of pyridine rings is 1. The third-order valence-corrected chi connectivity index (χ3v) is 3.99. The van der Waals surface area contributed by atoms with Gasteiger partial charge in [-0.3, -0.25) is 4.79 Å². The number of aryl methyl sites for hydroxylation is 1. The molecular weight excluding hydrogens is 212 g/mol. The van der Waals surface area contributed by atoms with E-state index in [1.54, 1.807) is 6.07 Å². The van der Waals surface area contributed by atoms with Crippen LogP contribution in [0, 0.1) is 12.8 Å². The molecule has 0 aromatic carbocycles. The minimum Gasteiger partial charge on any atom is -0.315 e. The molecule has 0 bridgehead atoms. The summed E-state index contributed by atoms with van der Waals surface area (Å²) in [7, 11) is 2.01. The predicted molar refractivity (Wildman–Crippen MR) is 70.2 cm³/mol. The maximum atomic E-state index is 11.8. The van der Waals surface area contributed by atoms with Gasteiger partial charge >= 0.3 is 0 Å². The van der Waals surface area contributed by atoms with Crippen molar-refractivity contribution in [1.82, 2.24) is 9.88 Å². The van der Waals surface area contributed by atoms with Crippen molar-refractivity contribution >= 4 is 0 Å². The average Bonchev–Trinajstić information content (AvgIpc) is 2.82. The standard InChI is InChI=1S/C14H22N2O/c1-11-6-5-9-14(17)16(11)10-13(15-2)12-7-3-4-8-12/h5-6,9,12-13,15H,3-4,7-8,10H2,1-2H3. The molecule has 3 nitrogen and oxygen atoms in total. The van der Waals surface area contributed by atoms with Gasteiger partial charge in [0.05, 0.1) is 0 Å². The summed E-state index contributed by atoms with van der Waals surface area (Å²) in [6, 6.07) is 5.91. The first kappa shape index (κ1) is 12.4. The Kier molecular flexibility index (Phi) is 4.00. The van der Waals surface area contributed by atoms with Gasteiger partial charge in [-0.15, -0.1) is 0 Å². The van der Waals surface area contributed by atoms with Gasteiger partial charge in [0.15, 0.2) is 0 Å². The highest BCUT2D eigenvalue weighted by atomic mass is 16.1. The maximum absolute atomic E-state index is 11.8. The van der Waals surface area contributed by atoms with Crippen LogP contribution in [-0.2, 0) is 6.54 Å². The quantitative estimate of drug-likeness (QED) is 0.864. The highest BCUT2D eigenvalue weighted by molar-refractivity contribution is 5.05. The van der Waals surface area contributed by atoms with E-state index in [1.165, 1.54) is 25.7 Å². The molecule has 0 spiro atoms. The van der Waals surface area contributed by atoms with E-state index in [-0.39, 0.29) is 5.56 Å². The lowest BCUT2D eigenvalue weighted by atomic mass is 9.98. The van der Waals surface area contributed by atoms with Crippen molar-refractivity contribution in [3.8, 4) is 0 Å². The van der Waals surface area contributed by atoms with Gasteiger partial charge in [0.2, 0.25) is 0 Å². The van der Waals surface area contributed by atoms with Crippen molar-refractivity contribution in [2.24, 2.45) is 5.92 Å².